The van der Waals surface area contributed by atoms with Crippen LogP contribution in [-0.4, -0.2) is 25.0 Å². The van der Waals surface area contributed by atoms with Crippen LogP contribution in [0.15, 0.2) is 33.8 Å². The van der Waals surface area contributed by atoms with Crippen LogP contribution in [0, 0.1) is 5.92 Å². The summed E-state index contributed by atoms with van der Waals surface area (Å²) in [6.07, 6.45) is 4.63. The first-order chi connectivity index (χ1) is 10.0. The van der Waals surface area contributed by atoms with Crippen LogP contribution < -0.4 is 10.2 Å². The van der Waals surface area contributed by atoms with Gasteiger partial charge in [-0.3, -0.25) is 4.79 Å². The second-order valence-electron chi connectivity index (χ2n) is 5.07. The highest BCUT2D eigenvalue weighted by atomic mass is 32.2. The van der Waals surface area contributed by atoms with E-state index in [2.05, 4.69) is 28.9 Å². The van der Waals surface area contributed by atoms with Crippen molar-refractivity contribution in [1.29, 1.82) is 0 Å². The monoisotopic (exact) mass is 304 g/mol. The summed E-state index contributed by atoms with van der Waals surface area (Å²) in [5, 5.41) is 4.20. The van der Waals surface area contributed by atoms with Gasteiger partial charge in [0.25, 0.3) is 0 Å². The van der Waals surface area contributed by atoms with Crippen LogP contribution in [0.5, 0.6) is 5.75 Å². The van der Waals surface area contributed by atoms with E-state index in [9.17, 15) is 4.79 Å². The zero-order valence-electron chi connectivity index (χ0n) is 12.8. The fraction of sp³-hybridized carbons (Fsp3) is 0.375. The fourth-order valence-electron chi connectivity index (χ4n) is 2.39. The Bertz CT molecular complexity index is 608. The number of carbonyl (C=O) groups excluding carboxylic acids is 1. The summed E-state index contributed by atoms with van der Waals surface area (Å²) in [6, 6.07) is 6.03. The molecule has 1 atom stereocenters. The molecule has 112 valence electrons. The second-order valence-corrected chi connectivity index (χ2v) is 5.92. The molecular weight excluding hydrogens is 284 g/mol. The van der Waals surface area contributed by atoms with E-state index in [-0.39, 0.29) is 11.8 Å². The van der Waals surface area contributed by atoms with Gasteiger partial charge in [0.1, 0.15) is 5.75 Å². The van der Waals surface area contributed by atoms with Crippen LogP contribution in [0.25, 0.3) is 6.08 Å². The molecule has 0 radical (unpaired) electrons. The molecule has 1 aromatic carbocycles. The quantitative estimate of drug-likeness (QED) is 0.868. The molecule has 0 bridgehead atoms. The third-order valence-corrected chi connectivity index (χ3v) is 4.28. The summed E-state index contributed by atoms with van der Waals surface area (Å²) in [5.74, 6) is 0.947. The molecule has 0 saturated heterocycles. The number of thioether (sulfide) groups is 1. The predicted octanol–water partition coefficient (Wildman–Crippen LogP) is 3.33. The molecule has 5 heteroatoms. The number of hydrazone groups is 1. The number of ether oxygens (including phenoxy) is 1. The number of nitrogens with zero attached hydrogens (tertiary/aromatic N) is 1. The SMILES string of the molecule is COc1ccc(SC)c(C=C(C)C2=NNC(=O)CC2C)c1. The van der Waals surface area contributed by atoms with E-state index >= 15 is 0 Å². The van der Waals surface area contributed by atoms with Crippen molar-refractivity contribution in [3.8, 4) is 5.75 Å². The first-order valence-electron chi connectivity index (χ1n) is 6.82. The van der Waals surface area contributed by atoms with Gasteiger partial charge in [0.2, 0.25) is 5.91 Å². The Kier molecular flexibility index (Phi) is 5.07. The van der Waals surface area contributed by atoms with Gasteiger partial charge in [-0.25, -0.2) is 5.43 Å². The predicted molar refractivity (Wildman–Crippen MR) is 87.8 cm³/mol. The number of rotatable bonds is 4. The largest absolute Gasteiger partial charge is 0.497 e. The Labute approximate surface area is 129 Å². The molecule has 4 nitrogen and oxygen atoms in total. The van der Waals surface area contributed by atoms with Crippen LogP contribution in [0.2, 0.25) is 0 Å². The Balaban J connectivity index is 2.36. The molecule has 0 fully saturated rings. The van der Waals surface area contributed by atoms with Gasteiger partial charge < -0.3 is 4.74 Å². The molecule has 1 aliphatic rings. The van der Waals surface area contributed by atoms with Gasteiger partial charge in [0.05, 0.1) is 12.8 Å². The van der Waals surface area contributed by atoms with E-state index < -0.39 is 0 Å². The Hall–Kier alpha value is -1.75. The fourth-order valence-corrected chi connectivity index (χ4v) is 2.95. The number of nitrogens with one attached hydrogen (secondary N) is 1. The lowest BCUT2D eigenvalue weighted by molar-refractivity contribution is -0.121. The van der Waals surface area contributed by atoms with E-state index in [0.29, 0.717) is 6.42 Å². The van der Waals surface area contributed by atoms with Crippen molar-refractivity contribution in [2.75, 3.05) is 13.4 Å². The molecule has 1 amide bonds. The van der Waals surface area contributed by atoms with E-state index in [4.69, 9.17) is 4.74 Å². The standard InChI is InChI=1S/C16H20N2O2S/c1-10(16-11(2)8-15(19)17-18-16)7-12-9-13(20-3)5-6-14(12)21-4/h5-7,9,11H,8H2,1-4H3,(H,17,19). The number of hydrogen-bond acceptors (Lipinski definition) is 4. The minimum Gasteiger partial charge on any atom is -0.497 e. The third-order valence-electron chi connectivity index (χ3n) is 3.47. The van der Waals surface area contributed by atoms with Gasteiger partial charge in [0.15, 0.2) is 0 Å². The maximum atomic E-state index is 11.3. The topological polar surface area (TPSA) is 50.7 Å². The molecule has 1 aromatic rings. The van der Waals surface area contributed by atoms with E-state index in [1.807, 2.05) is 26.0 Å². The highest BCUT2D eigenvalue weighted by Gasteiger charge is 2.21. The number of amides is 1. The zero-order chi connectivity index (χ0) is 15.4. The Morgan fingerprint density at radius 1 is 1.52 bits per heavy atom. The number of methoxy groups -OCH3 is 1. The van der Waals surface area contributed by atoms with Crippen molar-refractivity contribution < 1.29 is 9.53 Å². The molecule has 21 heavy (non-hydrogen) atoms. The van der Waals surface area contributed by atoms with Gasteiger partial charge in [-0.15, -0.1) is 11.8 Å². The van der Waals surface area contributed by atoms with Crippen molar-refractivity contribution in [2.45, 2.75) is 25.2 Å². The lowest BCUT2D eigenvalue weighted by atomic mass is 9.93. The number of hydrogen-bond donors (Lipinski definition) is 1. The van der Waals surface area contributed by atoms with Crippen molar-refractivity contribution in [3.05, 3.63) is 29.3 Å². The molecule has 2 rings (SSSR count). The summed E-state index contributed by atoms with van der Waals surface area (Å²) < 4.78 is 5.29. The van der Waals surface area contributed by atoms with Gasteiger partial charge >= 0.3 is 0 Å². The maximum Gasteiger partial charge on any atom is 0.240 e. The molecule has 0 aliphatic carbocycles. The smallest absolute Gasteiger partial charge is 0.240 e. The summed E-state index contributed by atoms with van der Waals surface area (Å²) >= 11 is 1.69. The van der Waals surface area contributed by atoms with Crippen LogP contribution in [0.1, 0.15) is 25.8 Å². The second kappa shape index (κ2) is 6.80. The first-order valence-corrected chi connectivity index (χ1v) is 8.04. The highest BCUT2D eigenvalue weighted by molar-refractivity contribution is 7.98. The zero-order valence-corrected chi connectivity index (χ0v) is 13.6. The average Bonchev–Trinajstić information content (AvgIpc) is 2.46. The lowest BCUT2D eigenvalue weighted by Gasteiger charge is -2.19. The van der Waals surface area contributed by atoms with Crippen LogP contribution >= 0.6 is 11.8 Å². The molecule has 1 heterocycles. The molecule has 0 aromatic heterocycles. The lowest BCUT2D eigenvalue weighted by Crippen LogP contribution is -2.31. The molecule has 0 spiro atoms. The van der Waals surface area contributed by atoms with E-state index in [1.165, 1.54) is 4.90 Å². The van der Waals surface area contributed by atoms with Gasteiger partial charge in [-0.1, -0.05) is 6.92 Å². The van der Waals surface area contributed by atoms with Gasteiger partial charge in [-0.2, -0.15) is 5.10 Å². The number of allylic oxidation sites excluding steroid dienone is 1. The number of carbonyl (C=O) groups is 1. The van der Waals surface area contributed by atoms with Gasteiger partial charge in [0, 0.05) is 17.2 Å². The molecule has 1 aliphatic heterocycles. The van der Waals surface area contributed by atoms with Crippen molar-refractivity contribution in [1.82, 2.24) is 5.43 Å². The van der Waals surface area contributed by atoms with E-state index in [0.717, 1.165) is 22.6 Å². The Morgan fingerprint density at radius 2 is 2.29 bits per heavy atom. The molecule has 0 saturated carbocycles. The summed E-state index contributed by atoms with van der Waals surface area (Å²) in [6.45, 7) is 4.05. The summed E-state index contributed by atoms with van der Waals surface area (Å²) in [7, 11) is 1.66. The van der Waals surface area contributed by atoms with Crippen LogP contribution in [0.4, 0.5) is 0 Å². The normalized spacial score (nSPS) is 19.0. The summed E-state index contributed by atoms with van der Waals surface area (Å²) in [5.41, 5.74) is 5.66. The van der Waals surface area contributed by atoms with E-state index in [1.54, 1.807) is 18.9 Å². The van der Waals surface area contributed by atoms with Crippen molar-refractivity contribution in [2.24, 2.45) is 11.0 Å². The summed E-state index contributed by atoms with van der Waals surface area (Å²) in [4.78, 5) is 12.5. The van der Waals surface area contributed by atoms with Crippen molar-refractivity contribution in [3.63, 3.8) is 0 Å². The Morgan fingerprint density at radius 3 is 2.90 bits per heavy atom. The van der Waals surface area contributed by atoms with Gasteiger partial charge in [-0.05, 0) is 48.6 Å². The molecule has 1 unspecified atom stereocenters. The third kappa shape index (κ3) is 3.67. The molecule has 1 N–H and O–H groups in total. The van der Waals surface area contributed by atoms with Crippen LogP contribution in [-0.2, 0) is 4.79 Å². The first kappa shape index (κ1) is 15.6. The minimum atomic E-state index is -0.0229. The van der Waals surface area contributed by atoms with Crippen molar-refractivity contribution >= 4 is 29.5 Å². The minimum absolute atomic E-state index is 0.0229. The molecular formula is C16H20N2O2S. The van der Waals surface area contributed by atoms with Crippen LogP contribution in [0.3, 0.4) is 0 Å². The average molecular weight is 304 g/mol. The number of benzene rings is 1. The maximum absolute atomic E-state index is 11.3. The highest BCUT2D eigenvalue weighted by Crippen LogP contribution is 2.28.